The molecule has 1 N–H and O–H groups in total. The van der Waals surface area contributed by atoms with Crippen molar-refractivity contribution in [2.75, 3.05) is 21.9 Å². The average Bonchev–Trinajstić information content (AvgIpc) is 2.96. The minimum Gasteiger partial charge on any atom is -0.326 e. The van der Waals surface area contributed by atoms with E-state index in [4.69, 9.17) is 11.6 Å². The lowest BCUT2D eigenvalue weighted by Gasteiger charge is -2.20. The smallest absolute Gasteiger partial charge is 0.235 e. The fraction of sp³-hybridized carbons (Fsp3) is 0.316. The average molecular weight is 393 g/mol. The summed E-state index contributed by atoms with van der Waals surface area (Å²) in [4.78, 5) is 12.5. The largest absolute Gasteiger partial charge is 0.326 e. The fourth-order valence-electron chi connectivity index (χ4n) is 3.02. The molecule has 138 valence electrons. The molecule has 5 nitrogen and oxygen atoms in total. The molecule has 1 fully saturated rings. The highest BCUT2D eigenvalue weighted by Crippen LogP contribution is 2.33. The number of benzene rings is 2. The van der Waals surface area contributed by atoms with Gasteiger partial charge in [0.25, 0.3) is 0 Å². The van der Waals surface area contributed by atoms with E-state index in [2.05, 4.69) is 5.32 Å². The third-order valence-electron chi connectivity index (χ3n) is 4.41. The van der Waals surface area contributed by atoms with E-state index in [1.165, 1.54) is 4.31 Å². The van der Waals surface area contributed by atoms with Crippen molar-refractivity contribution in [1.82, 2.24) is 0 Å². The first-order chi connectivity index (χ1) is 12.4. The second kappa shape index (κ2) is 7.68. The van der Waals surface area contributed by atoms with Crippen molar-refractivity contribution >= 4 is 38.9 Å². The Morgan fingerprint density at radius 1 is 1.23 bits per heavy atom. The van der Waals surface area contributed by atoms with Crippen molar-refractivity contribution < 1.29 is 13.2 Å². The maximum absolute atomic E-state index is 12.5. The van der Waals surface area contributed by atoms with E-state index in [1.807, 2.05) is 37.3 Å². The summed E-state index contributed by atoms with van der Waals surface area (Å²) in [7, 11) is -3.33. The van der Waals surface area contributed by atoms with Gasteiger partial charge in [-0.2, -0.15) is 0 Å². The number of carbonyl (C=O) groups excluding carboxylic acids is 1. The quantitative estimate of drug-likeness (QED) is 0.843. The fourth-order valence-corrected chi connectivity index (χ4v) is 4.86. The zero-order chi connectivity index (χ0) is 18.7. The van der Waals surface area contributed by atoms with Gasteiger partial charge in [0.1, 0.15) is 0 Å². The number of hydrogen-bond donors (Lipinski definition) is 1. The molecule has 1 saturated heterocycles. The molecular weight excluding hydrogens is 372 g/mol. The number of sulfonamides is 1. The number of halogens is 1. The monoisotopic (exact) mass is 392 g/mol. The molecule has 0 spiro atoms. The molecule has 0 radical (unpaired) electrons. The first-order valence-corrected chi connectivity index (χ1v) is 10.5. The van der Waals surface area contributed by atoms with Crippen molar-refractivity contribution in [3.63, 3.8) is 0 Å². The van der Waals surface area contributed by atoms with Crippen molar-refractivity contribution in [2.24, 2.45) is 5.92 Å². The van der Waals surface area contributed by atoms with Crippen molar-refractivity contribution in [3.8, 4) is 0 Å². The van der Waals surface area contributed by atoms with E-state index in [9.17, 15) is 13.2 Å². The molecule has 2 aromatic carbocycles. The van der Waals surface area contributed by atoms with Crippen LogP contribution in [-0.2, 0) is 21.2 Å². The maximum atomic E-state index is 12.5. The lowest BCUT2D eigenvalue weighted by Crippen LogP contribution is -2.26. The van der Waals surface area contributed by atoms with Gasteiger partial charge >= 0.3 is 0 Å². The van der Waals surface area contributed by atoms with Crippen LogP contribution in [0.4, 0.5) is 11.4 Å². The van der Waals surface area contributed by atoms with Crippen molar-refractivity contribution in [2.45, 2.75) is 19.8 Å². The van der Waals surface area contributed by atoms with Crippen molar-refractivity contribution in [3.05, 3.63) is 59.1 Å². The maximum Gasteiger partial charge on any atom is 0.235 e. The van der Waals surface area contributed by atoms with E-state index >= 15 is 0 Å². The molecule has 26 heavy (non-hydrogen) atoms. The second-order valence-corrected chi connectivity index (χ2v) is 8.91. The van der Waals surface area contributed by atoms with Crippen LogP contribution in [0.15, 0.2) is 48.5 Å². The zero-order valence-corrected chi connectivity index (χ0v) is 16.1. The van der Waals surface area contributed by atoms with Gasteiger partial charge in [-0.3, -0.25) is 9.10 Å². The van der Waals surface area contributed by atoms with Gasteiger partial charge in [-0.25, -0.2) is 8.42 Å². The first-order valence-electron chi connectivity index (χ1n) is 8.51. The number of amides is 1. The van der Waals surface area contributed by atoms with Crippen LogP contribution in [0, 0.1) is 5.92 Å². The molecule has 1 heterocycles. The molecule has 0 aliphatic carbocycles. The molecule has 1 amide bonds. The summed E-state index contributed by atoms with van der Waals surface area (Å²) in [6.45, 7) is 2.27. The molecule has 7 heteroatoms. The minimum absolute atomic E-state index is 0.119. The van der Waals surface area contributed by atoms with Crippen LogP contribution in [0.1, 0.15) is 18.9 Å². The van der Waals surface area contributed by atoms with Crippen LogP contribution in [0.5, 0.6) is 0 Å². The Balaban J connectivity index is 1.74. The second-order valence-electron chi connectivity index (χ2n) is 6.49. The standard InChI is InChI=1S/C19H21ClN2O3S/c1-14(12-15-6-3-2-4-7-15)19(23)21-16-8-9-17(20)18(13-16)22-10-5-11-26(22,24)25/h2-4,6-9,13-14H,5,10-12H2,1H3,(H,21,23). The van der Waals surface area contributed by atoms with Gasteiger partial charge in [0.2, 0.25) is 15.9 Å². The molecule has 0 saturated carbocycles. The Bertz CT molecular complexity index is 900. The predicted octanol–water partition coefficient (Wildman–Crippen LogP) is 3.70. The molecule has 1 aliphatic heterocycles. The van der Waals surface area contributed by atoms with E-state index in [-0.39, 0.29) is 17.6 Å². The number of anilines is 2. The van der Waals surface area contributed by atoms with Gasteiger partial charge in [-0.1, -0.05) is 48.9 Å². The number of nitrogens with one attached hydrogen (secondary N) is 1. The van der Waals surface area contributed by atoms with Gasteiger partial charge in [0.15, 0.2) is 0 Å². The summed E-state index contributed by atoms with van der Waals surface area (Å²) in [5, 5.41) is 3.21. The summed E-state index contributed by atoms with van der Waals surface area (Å²) in [5.74, 6) is -0.216. The number of hydrogen-bond acceptors (Lipinski definition) is 3. The molecule has 0 aromatic heterocycles. The van der Waals surface area contributed by atoms with Gasteiger partial charge in [-0.15, -0.1) is 0 Å². The molecule has 2 aromatic rings. The van der Waals surface area contributed by atoms with Crippen molar-refractivity contribution in [1.29, 1.82) is 0 Å². The first kappa shape index (κ1) is 18.7. The molecule has 1 aliphatic rings. The molecular formula is C19H21ClN2O3S. The highest BCUT2D eigenvalue weighted by Gasteiger charge is 2.30. The lowest BCUT2D eigenvalue weighted by molar-refractivity contribution is -0.119. The van der Waals surface area contributed by atoms with E-state index in [0.717, 1.165) is 5.56 Å². The topological polar surface area (TPSA) is 66.5 Å². The zero-order valence-electron chi connectivity index (χ0n) is 14.5. The van der Waals surface area contributed by atoms with Crippen LogP contribution in [-0.4, -0.2) is 26.6 Å². The summed E-state index contributed by atoms with van der Waals surface area (Å²) in [5.41, 5.74) is 2.05. The third kappa shape index (κ3) is 4.19. The summed E-state index contributed by atoms with van der Waals surface area (Å²) < 4.78 is 25.6. The van der Waals surface area contributed by atoms with Crippen LogP contribution in [0.25, 0.3) is 0 Å². The highest BCUT2D eigenvalue weighted by molar-refractivity contribution is 7.93. The summed E-state index contributed by atoms with van der Waals surface area (Å²) in [6.07, 6.45) is 1.21. The number of carbonyl (C=O) groups is 1. The predicted molar refractivity (Wildman–Crippen MR) is 105 cm³/mol. The Morgan fingerprint density at radius 2 is 1.96 bits per heavy atom. The number of rotatable bonds is 5. The molecule has 1 atom stereocenters. The summed E-state index contributed by atoms with van der Waals surface area (Å²) >= 11 is 6.19. The van der Waals surface area contributed by atoms with E-state index in [0.29, 0.717) is 35.8 Å². The molecule has 1 unspecified atom stereocenters. The Morgan fingerprint density at radius 3 is 2.62 bits per heavy atom. The Hall–Kier alpha value is -2.05. The SMILES string of the molecule is CC(Cc1ccccc1)C(=O)Nc1ccc(Cl)c(N2CCCS2(=O)=O)c1. The van der Waals surface area contributed by atoms with Crippen LogP contribution >= 0.6 is 11.6 Å². The number of nitrogens with zero attached hydrogens (tertiary/aromatic N) is 1. The minimum atomic E-state index is -3.33. The lowest BCUT2D eigenvalue weighted by atomic mass is 10.0. The van der Waals surface area contributed by atoms with Gasteiger partial charge in [0.05, 0.1) is 16.5 Å². The normalized spacial score (nSPS) is 17.1. The van der Waals surface area contributed by atoms with E-state index < -0.39 is 10.0 Å². The Kier molecular flexibility index (Phi) is 5.53. The van der Waals surface area contributed by atoms with Gasteiger partial charge in [0, 0.05) is 18.2 Å². The van der Waals surface area contributed by atoms with Crippen LogP contribution < -0.4 is 9.62 Å². The highest BCUT2D eigenvalue weighted by atomic mass is 35.5. The molecule has 0 bridgehead atoms. The molecule has 3 rings (SSSR count). The summed E-state index contributed by atoms with van der Waals surface area (Å²) in [6, 6.07) is 14.7. The van der Waals surface area contributed by atoms with Gasteiger partial charge in [-0.05, 0) is 36.6 Å². The Labute approximate surface area is 159 Å². The van der Waals surface area contributed by atoms with Gasteiger partial charge < -0.3 is 5.32 Å². The third-order valence-corrected chi connectivity index (χ3v) is 6.59. The van der Waals surface area contributed by atoms with E-state index in [1.54, 1.807) is 18.2 Å². The van der Waals surface area contributed by atoms with Crippen LogP contribution in [0.2, 0.25) is 5.02 Å². The van der Waals surface area contributed by atoms with Crippen LogP contribution in [0.3, 0.4) is 0 Å².